The van der Waals surface area contributed by atoms with Gasteiger partial charge in [-0.2, -0.15) is 9.97 Å². The third-order valence-electron chi connectivity index (χ3n) is 2.92. The molecule has 1 aromatic heterocycles. The predicted octanol–water partition coefficient (Wildman–Crippen LogP) is 0.209. The Labute approximate surface area is 94.8 Å². The summed E-state index contributed by atoms with van der Waals surface area (Å²) in [6.45, 7) is 2.89. The molecular weight excluding hydrogens is 204 g/mol. The minimum absolute atomic E-state index is 0.136. The van der Waals surface area contributed by atoms with Crippen molar-refractivity contribution in [2.75, 3.05) is 30.3 Å². The normalized spacial score (nSPS) is 17.5. The van der Waals surface area contributed by atoms with Crippen LogP contribution in [-0.2, 0) is 6.54 Å². The monoisotopic (exact) mass is 222 g/mol. The van der Waals surface area contributed by atoms with Gasteiger partial charge in [-0.1, -0.05) is 6.42 Å². The van der Waals surface area contributed by atoms with E-state index < -0.39 is 0 Å². The summed E-state index contributed by atoms with van der Waals surface area (Å²) in [6.07, 6.45) is 3.77. The first-order chi connectivity index (χ1) is 7.66. The molecule has 0 saturated carbocycles. The van der Waals surface area contributed by atoms with Crippen LogP contribution >= 0.6 is 0 Å². The second kappa shape index (κ2) is 4.52. The number of piperidine rings is 1. The van der Waals surface area contributed by atoms with E-state index in [2.05, 4.69) is 14.9 Å². The molecule has 88 valence electrons. The largest absolute Gasteiger partial charge is 0.383 e. The first-order valence-electron chi connectivity index (χ1n) is 5.56. The second-order valence-electron chi connectivity index (χ2n) is 4.17. The van der Waals surface area contributed by atoms with Crippen LogP contribution in [0.2, 0.25) is 0 Å². The molecule has 0 amide bonds. The van der Waals surface area contributed by atoms with Crippen molar-refractivity contribution in [1.29, 1.82) is 0 Å². The van der Waals surface area contributed by atoms with Crippen LogP contribution in [0.1, 0.15) is 24.8 Å². The molecule has 0 radical (unpaired) electrons. The average molecular weight is 222 g/mol. The van der Waals surface area contributed by atoms with E-state index in [-0.39, 0.29) is 5.95 Å². The molecule has 2 rings (SSSR count). The summed E-state index contributed by atoms with van der Waals surface area (Å²) in [5.41, 5.74) is 17.9. The lowest BCUT2D eigenvalue weighted by molar-refractivity contribution is 0.221. The van der Waals surface area contributed by atoms with E-state index in [1.807, 2.05) is 0 Å². The molecule has 0 spiro atoms. The van der Waals surface area contributed by atoms with Crippen molar-refractivity contribution < 1.29 is 0 Å². The summed E-state index contributed by atoms with van der Waals surface area (Å²) in [5, 5.41) is 0. The molecule has 0 unspecified atom stereocenters. The van der Waals surface area contributed by atoms with Crippen molar-refractivity contribution in [3.8, 4) is 0 Å². The number of hydrogen-bond acceptors (Lipinski definition) is 6. The van der Waals surface area contributed by atoms with Gasteiger partial charge in [0.05, 0.1) is 5.56 Å². The van der Waals surface area contributed by atoms with Gasteiger partial charge in [0, 0.05) is 6.54 Å². The number of nitrogens with zero attached hydrogens (tertiary/aromatic N) is 3. The Hall–Kier alpha value is -1.56. The van der Waals surface area contributed by atoms with Gasteiger partial charge in [0.1, 0.15) is 11.6 Å². The van der Waals surface area contributed by atoms with Crippen LogP contribution in [0.5, 0.6) is 0 Å². The quantitative estimate of drug-likeness (QED) is 0.660. The first kappa shape index (κ1) is 10.9. The summed E-state index contributed by atoms with van der Waals surface area (Å²) in [7, 11) is 0. The molecule has 1 aliphatic rings. The van der Waals surface area contributed by atoms with Crippen LogP contribution in [-0.4, -0.2) is 28.0 Å². The van der Waals surface area contributed by atoms with Gasteiger partial charge < -0.3 is 17.2 Å². The Morgan fingerprint density at radius 2 is 1.50 bits per heavy atom. The van der Waals surface area contributed by atoms with Gasteiger partial charge in [-0.05, 0) is 25.9 Å². The van der Waals surface area contributed by atoms with E-state index >= 15 is 0 Å². The summed E-state index contributed by atoms with van der Waals surface area (Å²) in [6, 6.07) is 0. The molecule has 2 heterocycles. The smallest absolute Gasteiger partial charge is 0.223 e. The Morgan fingerprint density at radius 1 is 0.938 bits per heavy atom. The molecule has 6 N–H and O–H groups in total. The third-order valence-corrected chi connectivity index (χ3v) is 2.92. The summed E-state index contributed by atoms with van der Waals surface area (Å²) < 4.78 is 0. The average Bonchev–Trinajstić information content (AvgIpc) is 2.25. The van der Waals surface area contributed by atoms with E-state index in [1.165, 1.54) is 19.3 Å². The molecule has 0 bridgehead atoms. The topological polar surface area (TPSA) is 107 Å². The molecule has 1 fully saturated rings. The minimum Gasteiger partial charge on any atom is -0.383 e. The maximum Gasteiger partial charge on any atom is 0.223 e. The summed E-state index contributed by atoms with van der Waals surface area (Å²) >= 11 is 0. The molecular formula is C10H18N6. The van der Waals surface area contributed by atoms with Gasteiger partial charge in [-0.3, -0.25) is 4.90 Å². The fraction of sp³-hybridized carbons (Fsp3) is 0.600. The molecule has 6 heteroatoms. The highest BCUT2D eigenvalue weighted by Crippen LogP contribution is 2.20. The van der Waals surface area contributed by atoms with E-state index in [4.69, 9.17) is 17.2 Å². The highest BCUT2D eigenvalue weighted by atomic mass is 15.1. The van der Waals surface area contributed by atoms with Crippen LogP contribution in [0.25, 0.3) is 0 Å². The number of likely N-dealkylation sites (tertiary alicyclic amines) is 1. The van der Waals surface area contributed by atoms with Crippen molar-refractivity contribution in [3.63, 3.8) is 0 Å². The number of hydrogen-bond donors (Lipinski definition) is 3. The van der Waals surface area contributed by atoms with E-state index in [1.54, 1.807) is 0 Å². The molecule has 1 saturated heterocycles. The van der Waals surface area contributed by atoms with Crippen molar-refractivity contribution in [3.05, 3.63) is 5.56 Å². The number of nitrogen functional groups attached to an aromatic ring is 3. The van der Waals surface area contributed by atoms with Crippen LogP contribution in [0, 0.1) is 0 Å². The SMILES string of the molecule is Nc1nc(N)c(CN2CCCCC2)c(N)n1. The van der Waals surface area contributed by atoms with Crippen LogP contribution in [0.4, 0.5) is 17.6 Å². The molecule has 1 aromatic rings. The highest BCUT2D eigenvalue weighted by molar-refractivity contribution is 5.55. The Kier molecular flexibility index (Phi) is 3.09. The lowest BCUT2D eigenvalue weighted by atomic mass is 10.1. The predicted molar refractivity (Wildman–Crippen MR) is 64.4 cm³/mol. The van der Waals surface area contributed by atoms with Crippen LogP contribution in [0.15, 0.2) is 0 Å². The van der Waals surface area contributed by atoms with Gasteiger partial charge in [0.25, 0.3) is 0 Å². The first-order valence-corrected chi connectivity index (χ1v) is 5.56. The molecule has 0 atom stereocenters. The number of rotatable bonds is 2. The zero-order valence-electron chi connectivity index (χ0n) is 9.32. The Balaban J connectivity index is 2.14. The van der Waals surface area contributed by atoms with E-state index in [0.29, 0.717) is 11.6 Å². The van der Waals surface area contributed by atoms with E-state index in [0.717, 1.165) is 25.2 Å². The summed E-state index contributed by atoms with van der Waals surface area (Å²) in [5.74, 6) is 0.934. The summed E-state index contributed by atoms with van der Waals surface area (Å²) in [4.78, 5) is 10.2. The van der Waals surface area contributed by atoms with E-state index in [9.17, 15) is 0 Å². The Bertz CT molecular complexity index is 349. The Morgan fingerprint density at radius 3 is 2.06 bits per heavy atom. The molecule has 0 aliphatic carbocycles. The van der Waals surface area contributed by atoms with Gasteiger partial charge in [-0.15, -0.1) is 0 Å². The van der Waals surface area contributed by atoms with Crippen LogP contribution < -0.4 is 17.2 Å². The maximum atomic E-state index is 5.80. The number of nitrogens with two attached hydrogens (primary N) is 3. The maximum absolute atomic E-state index is 5.80. The highest BCUT2D eigenvalue weighted by Gasteiger charge is 2.15. The second-order valence-corrected chi connectivity index (χ2v) is 4.17. The van der Waals surface area contributed by atoms with Crippen molar-refractivity contribution in [2.24, 2.45) is 0 Å². The van der Waals surface area contributed by atoms with Gasteiger partial charge in [0.2, 0.25) is 5.95 Å². The number of anilines is 3. The lowest BCUT2D eigenvalue weighted by Gasteiger charge is -2.26. The molecule has 6 nitrogen and oxygen atoms in total. The van der Waals surface area contributed by atoms with Gasteiger partial charge in [0.15, 0.2) is 0 Å². The zero-order chi connectivity index (χ0) is 11.5. The minimum atomic E-state index is 0.136. The fourth-order valence-corrected chi connectivity index (χ4v) is 2.04. The zero-order valence-corrected chi connectivity index (χ0v) is 9.32. The van der Waals surface area contributed by atoms with Crippen molar-refractivity contribution in [1.82, 2.24) is 14.9 Å². The van der Waals surface area contributed by atoms with Crippen molar-refractivity contribution in [2.45, 2.75) is 25.8 Å². The molecule has 0 aromatic carbocycles. The molecule has 16 heavy (non-hydrogen) atoms. The standard InChI is InChI=1S/C10H18N6/c11-8-7(9(12)15-10(13)14-8)6-16-4-2-1-3-5-16/h1-6H2,(H6,11,12,13,14,15). The van der Waals surface area contributed by atoms with Gasteiger partial charge >= 0.3 is 0 Å². The molecule has 1 aliphatic heterocycles. The van der Waals surface area contributed by atoms with Crippen molar-refractivity contribution >= 4 is 17.6 Å². The van der Waals surface area contributed by atoms with Crippen LogP contribution in [0.3, 0.4) is 0 Å². The van der Waals surface area contributed by atoms with Gasteiger partial charge in [-0.25, -0.2) is 0 Å². The lowest BCUT2D eigenvalue weighted by Crippen LogP contribution is -2.30. The number of aromatic nitrogens is 2. The fourth-order valence-electron chi connectivity index (χ4n) is 2.04. The third kappa shape index (κ3) is 2.33.